The molecule has 0 spiro atoms. The van der Waals surface area contributed by atoms with E-state index in [9.17, 15) is 4.79 Å². The number of carbonyl (C=O) groups excluding carboxylic acids is 1. The normalized spacial score (nSPS) is 15.9. The summed E-state index contributed by atoms with van der Waals surface area (Å²) in [6.45, 7) is 2.07. The minimum Gasteiger partial charge on any atom is -0.497 e. The standard InChI is InChI=1S/C13H17NO2/c1-16-12-6-5-11(10-15)13(9-12)14-7-3-2-4-8-14/h5-6,9-10H,2-4,7-8H2,1H3. The van der Waals surface area contributed by atoms with Crippen molar-refractivity contribution in [1.82, 2.24) is 0 Å². The fraction of sp³-hybridized carbons (Fsp3) is 0.462. The van der Waals surface area contributed by atoms with Gasteiger partial charge < -0.3 is 9.64 Å². The number of anilines is 1. The number of methoxy groups -OCH3 is 1. The third kappa shape index (κ3) is 2.18. The molecule has 3 nitrogen and oxygen atoms in total. The van der Waals surface area contributed by atoms with Crippen LogP contribution in [0.25, 0.3) is 0 Å². The molecule has 2 rings (SSSR count). The number of ether oxygens (including phenoxy) is 1. The van der Waals surface area contributed by atoms with Gasteiger partial charge in [0.1, 0.15) is 5.75 Å². The molecular formula is C13H17NO2. The summed E-state index contributed by atoms with van der Waals surface area (Å²) in [7, 11) is 1.65. The monoisotopic (exact) mass is 219 g/mol. The SMILES string of the molecule is COc1ccc(C=O)c(N2CCCCC2)c1. The van der Waals surface area contributed by atoms with E-state index >= 15 is 0 Å². The molecule has 0 aliphatic carbocycles. The van der Waals surface area contributed by atoms with Crippen molar-refractivity contribution < 1.29 is 9.53 Å². The molecule has 86 valence electrons. The van der Waals surface area contributed by atoms with Gasteiger partial charge in [-0.3, -0.25) is 4.79 Å². The lowest BCUT2D eigenvalue weighted by atomic mass is 10.1. The van der Waals surface area contributed by atoms with Crippen LogP contribution in [0.5, 0.6) is 5.75 Å². The van der Waals surface area contributed by atoms with Crippen LogP contribution in [0.15, 0.2) is 18.2 Å². The zero-order valence-corrected chi connectivity index (χ0v) is 9.61. The summed E-state index contributed by atoms with van der Waals surface area (Å²) in [4.78, 5) is 13.3. The molecule has 0 amide bonds. The lowest BCUT2D eigenvalue weighted by Gasteiger charge is -2.30. The molecule has 0 unspecified atom stereocenters. The summed E-state index contributed by atoms with van der Waals surface area (Å²) in [5.41, 5.74) is 1.76. The molecule has 0 atom stereocenters. The Morgan fingerprint density at radius 3 is 2.62 bits per heavy atom. The molecule has 0 N–H and O–H groups in total. The quantitative estimate of drug-likeness (QED) is 0.731. The number of hydrogen-bond acceptors (Lipinski definition) is 3. The van der Waals surface area contributed by atoms with E-state index in [4.69, 9.17) is 4.74 Å². The Kier molecular flexibility index (Phi) is 3.44. The summed E-state index contributed by atoms with van der Waals surface area (Å²) >= 11 is 0. The van der Waals surface area contributed by atoms with Crippen LogP contribution >= 0.6 is 0 Å². The van der Waals surface area contributed by atoms with Gasteiger partial charge in [-0.1, -0.05) is 0 Å². The van der Waals surface area contributed by atoms with Crippen molar-refractivity contribution in [2.24, 2.45) is 0 Å². The Morgan fingerprint density at radius 2 is 2.00 bits per heavy atom. The molecule has 0 aromatic heterocycles. The third-order valence-corrected chi connectivity index (χ3v) is 3.06. The summed E-state index contributed by atoms with van der Waals surface area (Å²) in [5.74, 6) is 0.811. The van der Waals surface area contributed by atoms with Crippen molar-refractivity contribution >= 4 is 12.0 Å². The molecule has 1 aliphatic heterocycles. The van der Waals surface area contributed by atoms with Gasteiger partial charge in [-0.25, -0.2) is 0 Å². The van der Waals surface area contributed by atoms with Crippen molar-refractivity contribution in [2.45, 2.75) is 19.3 Å². The van der Waals surface area contributed by atoms with E-state index < -0.39 is 0 Å². The molecule has 0 bridgehead atoms. The second-order valence-electron chi connectivity index (χ2n) is 4.09. The number of nitrogens with zero attached hydrogens (tertiary/aromatic N) is 1. The first-order valence-electron chi connectivity index (χ1n) is 5.73. The van der Waals surface area contributed by atoms with Crippen LogP contribution in [-0.4, -0.2) is 26.5 Å². The highest BCUT2D eigenvalue weighted by atomic mass is 16.5. The summed E-state index contributed by atoms with van der Waals surface area (Å²) in [6.07, 6.45) is 4.62. The van der Waals surface area contributed by atoms with E-state index in [0.29, 0.717) is 0 Å². The first kappa shape index (κ1) is 11.0. The average Bonchev–Trinajstić information content (AvgIpc) is 2.39. The van der Waals surface area contributed by atoms with Gasteiger partial charge >= 0.3 is 0 Å². The van der Waals surface area contributed by atoms with Crippen LogP contribution in [-0.2, 0) is 0 Å². The fourth-order valence-corrected chi connectivity index (χ4v) is 2.16. The molecular weight excluding hydrogens is 202 g/mol. The number of benzene rings is 1. The molecule has 1 aromatic carbocycles. The number of piperidine rings is 1. The van der Waals surface area contributed by atoms with Crippen molar-refractivity contribution in [3.05, 3.63) is 23.8 Å². The van der Waals surface area contributed by atoms with E-state index in [0.717, 1.165) is 36.4 Å². The van der Waals surface area contributed by atoms with Gasteiger partial charge in [-0.15, -0.1) is 0 Å². The van der Waals surface area contributed by atoms with E-state index in [1.165, 1.54) is 19.3 Å². The fourth-order valence-electron chi connectivity index (χ4n) is 2.16. The maximum Gasteiger partial charge on any atom is 0.152 e. The van der Waals surface area contributed by atoms with Gasteiger partial charge in [0, 0.05) is 24.7 Å². The van der Waals surface area contributed by atoms with Crippen LogP contribution in [0.1, 0.15) is 29.6 Å². The Balaban J connectivity index is 2.31. The largest absolute Gasteiger partial charge is 0.497 e. The Bertz CT molecular complexity index is 370. The van der Waals surface area contributed by atoms with Crippen LogP contribution < -0.4 is 9.64 Å². The Hall–Kier alpha value is -1.51. The van der Waals surface area contributed by atoms with Crippen molar-refractivity contribution in [3.63, 3.8) is 0 Å². The Labute approximate surface area is 96.0 Å². The number of hydrogen-bond donors (Lipinski definition) is 0. The first-order valence-corrected chi connectivity index (χ1v) is 5.73. The van der Waals surface area contributed by atoms with Crippen molar-refractivity contribution in [3.8, 4) is 5.75 Å². The highest BCUT2D eigenvalue weighted by Crippen LogP contribution is 2.27. The van der Waals surface area contributed by atoms with Crippen molar-refractivity contribution in [2.75, 3.05) is 25.1 Å². The van der Waals surface area contributed by atoms with Crippen LogP contribution in [0, 0.1) is 0 Å². The predicted octanol–water partition coefficient (Wildman–Crippen LogP) is 2.50. The molecule has 3 heteroatoms. The van der Waals surface area contributed by atoms with Crippen LogP contribution in [0.4, 0.5) is 5.69 Å². The van der Waals surface area contributed by atoms with Crippen LogP contribution in [0.3, 0.4) is 0 Å². The molecule has 16 heavy (non-hydrogen) atoms. The number of rotatable bonds is 3. The molecule has 1 fully saturated rings. The van der Waals surface area contributed by atoms with Gasteiger partial charge in [0.2, 0.25) is 0 Å². The second-order valence-corrected chi connectivity index (χ2v) is 4.09. The highest BCUT2D eigenvalue weighted by molar-refractivity contribution is 5.85. The minimum atomic E-state index is 0.753. The third-order valence-electron chi connectivity index (χ3n) is 3.06. The van der Waals surface area contributed by atoms with E-state index in [2.05, 4.69) is 4.90 Å². The molecule has 0 saturated carbocycles. The second kappa shape index (κ2) is 5.01. The molecule has 1 aromatic rings. The van der Waals surface area contributed by atoms with Crippen molar-refractivity contribution in [1.29, 1.82) is 0 Å². The maximum atomic E-state index is 11.0. The molecule has 0 radical (unpaired) electrons. The summed E-state index contributed by atoms with van der Waals surface area (Å²) in [5, 5.41) is 0. The van der Waals surface area contributed by atoms with Crippen LogP contribution in [0.2, 0.25) is 0 Å². The predicted molar refractivity (Wildman–Crippen MR) is 64.4 cm³/mol. The highest BCUT2D eigenvalue weighted by Gasteiger charge is 2.14. The van der Waals surface area contributed by atoms with Gasteiger partial charge in [0.05, 0.1) is 12.8 Å². The number of carbonyl (C=O) groups is 1. The van der Waals surface area contributed by atoms with Gasteiger partial charge in [-0.2, -0.15) is 0 Å². The zero-order chi connectivity index (χ0) is 11.4. The van der Waals surface area contributed by atoms with Gasteiger partial charge in [0.25, 0.3) is 0 Å². The first-order chi connectivity index (χ1) is 7.85. The summed E-state index contributed by atoms with van der Waals surface area (Å²) in [6, 6.07) is 5.61. The lowest BCUT2D eigenvalue weighted by Crippen LogP contribution is -2.30. The maximum absolute atomic E-state index is 11.0. The van der Waals surface area contributed by atoms with E-state index in [1.807, 2.05) is 18.2 Å². The van der Waals surface area contributed by atoms with E-state index in [1.54, 1.807) is 7.11 Å². The minimum absolute atomic E-state index is 0.753. The molecule has 1 aliphatic rings. The van der Waals surface area contributed by atoms with E-state index in [-0.39, 0.29) is 0 Å². The topological polar surface area (TPSA) is 29.5 Å². The smallest absolute Gasteiger partial charge is 0.152 e. The van der Waals surface area contributed by atoms with Gasteiger partial charge in [-0.05, 0) is 31.4 Å². The summed E-state index contributed by atoms with van der Waals surface area (Å²) < 4.78 is 5.20. The molecule has 1 saturated heterocycles. The molecule has 1 heterocycles. The lowest BCUT2D eigenvalue weighted by molar-refractivity contribution is 0.112. The Morgan fingerprint density at radius 1 is 1.25 bits per heavy atom. The zero-order valence-electron chi connectivity index (χ0n) is 9.61. The number of aldehydes is 1. The average molecular weight is 219 g/mol. The van der Waals surface area contributed by atoms with Gasteiger partial charge in [0.15, 0.2) is 6.29 Å².